The van der Waals surface area contributed by atoms with Crippen molar-refractivity contribution in [2.24, 2.45) is 0 Å². The summed E-state index contributed by atoms with van der Waals surface area (Å²) in [6.45, 7) is 3.66. The number of aromatic nitrogens is 2. The molecular formula is C12H13Cl2N3. The predicted molar refractivity (Wildman–Crippen MR) is 71.0 cm³/mol. The maximum absolute atomic E-state index is 6.21. The Bertz CT molecular complexity index is 508. The first-order chi connectivity index (χ1) is 8.22. The highest BCUT2D eigenvalue weighted by atomic mass is 35.5. The molecule has 0 spiro atoms. The summed E-state index contributed by atoms with van der Waals surface area (Å²) in [5.74, 6) is 0. The molecular weight excluding hydrogens is 257 g/mol. The normalized spacial score (nSPS) is 10.8. The van der Waals surface area contributed by atoms with Crippen molar-refractivity contribution in [3.05, 3.63) is 46.2 Å². The van der Waals surface area contributed by atoms with Crippen LogP contribution in [0.25, 0.3) is 5.69 Å². The topological polar surface area (TPSA) is 29.9 Å². The second kappa shape index (κ2) is 5.54. The van der Waals surface area contributed by atoms with Crippen LogP contribution in [0.4, 0.5) is 0 Å². The maximum atomic E-state index is 6.21. The van der Waals surface area contributed by atoms with Gasteiger partial charge in [0.15, 0.2) is 0 Å². The molecule has 0 atom stereocenters. The van der Waals surface area contributed by atoms with Crippen LogP contribution in [0.5, 0.6) is 0 Å². The van der Waals surface area contributed by atoms with Gasteiger partial charge in [-0.2, -0.15) is 5.10 Å². The summed E-state index contributed by atoms with van der Waals surface area (Å²) in [4.78, 5) is 0. The Labute approximate surface area is 110 Å². The number of rotatable bonds is 4. The number of halogens is 2. The van der Waals surface area contributed by atoms with Crippen LogP contribution >= 0.6 is 23.2 Å². The van der Waals surface area contributed by atoms with Gasteiger partial charge < -0.3 is 5.32 Å². The zero-order valence-electron chi connectivity index (χ0n) is 9.45. The van der Waals surface area contributed by atoms with Crippen LogP contribution in [0, 0.1) is 0 Å². The highest BCUT2D eigenvalue weighted by Crippen LogP contribution is 2.23. The number of hydrogen-bond acceptors (Lipinski definition) is 2. The molecule has 0 aliphatic carbocycles. The van der Waals surface area contributed by atoms with E-state index in [9.17, 15) is 0 Å². The zero-order chi connectivity index (χ0) is 12.3. The van der Waals surface area contributed by atoms with Crippen molar-refractivity contribution in [2.45, 2.75) is 13.5 Å². The van der Waals surface area contributed by atoms with Gasteiger partial charge in [0.1, 0.15) is 0 Å². The molecule has 0 amide bonds. The molecule has 0 aliphatic heterocycles. The molecule has 2 aromatic rings. The van der Waals surface area contributed by atoms with E-state index in [1.165, 1.54) is 0 Å². The van der Waals surface area contributed by atoms with E-state index in [0.717, 1.165) is 22.8 Å². The molecule has 1 heterocycles. The molecule has 90 valence electrons. The standard InChI is InChI=1S/C12H13Cl2N3/c1-2-15-7-10-11(14)4-3-5-12(10)17-8-9(13)6-16-17/h3-6,8,15H,2,7H2,1H3. The van der Waals surface area contributed by atoms with Crippen molar-refractivity contribution in [1.82, 2.24) is 15.1 Å². The molecule has 2 rings (SSSR count). The minimum atomic E-state index is 0.611. The van der Waals surface area contributed by atoms with Crippen LogP contribution in [-0.2, 0) is 6.54 Å². The molecule has 17 heavy (non-hydrogen) atoms. The molecule has 0 fully saturated rings. The summed E-state index contributed by atoms with van der Waals surface area (Å²) in [6, 6.07) is 5.76. The van der Waals surface area contributed by atoms with Gasteiger partial charge in [0.2, 0.25) is 0 Å². The van der Waals surface area contributed by atoms with Crippen LogP contribution in [0.15, 0.2) is 30.6 Å². The summed E-state index contributed by atoms with van der Waals surface area (Å²) in [5, 5.41) is 8.80. The number of hydrogen-bond donors (Lipinski definition) is 1. The SMILES string of the molecule is CCNCc1c(Cl)cccc1-n1cc(Cl)cn1. The Morgan fingerprint density at radius 1 is 1.35 bits per heavy atom. The summed E-state index contributed by atoms with van der Waals surface area (Å²) in [5.41, 5.74) is 1.97. The number of nitrogens with zero attached hydrogens (tertiary/aromatic N) is 2. The van der Waals surface area contributed by atoms with E-state index in [2.05, 4.69) is 17.3 Å². The Morgan fingerprint density at radius 3 is 2.82 bits per heavy atom. The van der Waals surface area contributed by atoms with Gasteiger partial charge in [-0.15, -0.1) is 0 Å². The van der Waals surface area contributed by atoms with Crippen molar-refractivity contribution in [3.63, 3.8) is 0 Å². The first-order valence-electron chi connectivity index (χ1n) is 5.41. The molecule has 0 aliphatic rings. The molecule has 1 aromatic carbocycles. The molecule has 3 nitrogen and oxygen atoms in total. The van der Waals surface area contributed by atoms with Crippen LogP contribution in [0.2, 0.25) is 10.0 Å². The van der Waals surface area contributed by atoms with Crippen LogP contribution < -0.4 is 5.32 Å². The Morgan fingerprint density at radius 2 is 2.18 bits per heavy atom. The third-order valence-corrected chi connectivity index (χ3v) is 2.99. The smallest absolute Gasteiger partial charge is 0.0790 e. The van der Waals surface area contributed by atoms with E-state index in [4.69, 9.17) is 23.2 Å². The fourth-order valence-corrected chi connectivity index (χ4v) is 1.99. The lowest BCUT2D eigenvalue weighted by Crippen LogP contribution is -2.14. The van der Waals surface area contributed by atoms with Gasteiger partial charge in [0.05, 0.1) is 16.9 Å². The van der Waals surface area contributed by atoms with E-state index in [1.54, 1.807) is 17.1 Å². The Balaban J connectivity index is 2.42. The second-order valence-corrected chi connectivity index (χ2v) is 4.46. The molecule has 1 aromatic heterocycles. The molecule has 5 heteroatoms. The molecule has 0 saturated carbocycles. The second-order valence-electron chi connectivity index (χ2n) is 3.62. The van der Waals surface area contributed by atoms with Crippen molar-refractivity contribution >= 4 is 23.2 Å². The van der Waals surface area contributed by atoms with E-state index in [-0.39, 0.29) is 0 Å². The van der Waals surface area contributed by atoms with Gasteiger partial charge in [-0.05, 0) is 18.7 Å². The van der Waals surface area contributed by atoms with Gasteiger partial charge in [-0.25, -0.2) is 4.68 Å². The summed E-state index contributed by atoms with van der Waals surface area (Å²) in [6.07, 6.45) is 3.38. The summed E-state index contributed by atoms with van der Waals surface area (Å²) in [7, 11) is 0. The highest BCUT2D eigenvalue weighted by Gasteiger charge is 2.09. The number of nitrogens with one attached hydrogen (secondary N) is 1. The lowest BCUT2D eigenvalue weighted by Gasteiger charge is -2.11. The van der Waals surface area contributed by atoms with Crippen molar-refractivity contribution in [1.29, 1.82) is 0 Å². The lowest BCUT2D eigenvalue weighted by atomic mass is 10.1. The largest absolute Gasteiger partial charge is 0.313 e. The van der Waals surface area contributed by atoms with Gasteiger partial charge in [0, 0.05) is 23.3 Å². The van der Waals surface area contributed by atoms with E-state index in [0.29, 0.717) is 11.6 Å². The van der Waals surface area contributed by atoms with Gasteiger partial charge in [-0.3, -0.25) is 0 Å². The molecule has 0 bridgehead atoms. The number of benzene rings is 1. The summed E-state index contributed by atoms with van der Waals surface area (Å²) < 4.78 is 1.74. The Hall–Kier alpha value is -1.03. The zero-order valence-corrected chi connectivity index (χ0v) is 11.0. The third kappa shape index (κ3) is 2.80. The average molecular weight is 270 g/mol. The van der Waals surface area contributed by atoms with Gasteiger partial charge in [-0.1, -0.05) is 36.2 Å². The van der Waals surface area contributed by atoms with E-state index < -0.39 is 0 Å². The minimum absolute atomic E-state index is 0.611. The predicted octanol–water partition coefficient (Wildman–Crippen LogP) is 3.29. The average Bonchev–Trinajstić information content (AvgIpc) is 2.74. The molecule has 0 radical (unpaired) electrons. The van der Waals surface area contributed by atoms with Crippen molar-refractivity contribution < 1.29 is 0 Å². The van der Waals surface area contributed by atoms with Crippen molar-refractivity contribution in [2.75, 3.05) is 6.54 Å². The quantitative estimate of drug-likeness (QED) is 0.923. The first-order valence-corrected chi connectivity index (χ1v) is 6.16. The van der Waals surface area contributed by atoms with Crippen LogP contribution in [0.1, 0.15) is 12.5 Å². The maximum Gasteiger partial charge on any atom is 0.0790 e. The van der Waals surface area contributed by atoms with Gasteiger partial charge >= 0.3 is 0 Å². The highest BCUT2D eigenvalue weighted by molar-refractivity contribution is 6.31. The van der Waals surface area contributed by atoms with Crippen LogP contribution in [-0.4, -0.2) is 16.3 Å². The lowest BCUT2D eigenvalue weighted by molar-refractivity contribution is 0.717. The third-order valence-electron chi connectivity index (χ3n) is 2.44. The van der Waals surface area contributed by atoms with Crippen molar-refractivity contribution in [3.8, 4) is 5.69 Å². The van der Waals surface area contributed by atoms with Crippen LogP contribution in [0.3, 0.4) is 0 Å². The fraction of sp³-hybridized carbons (Fsp3) is 0.250. The minimum Gasteiger partial charge on any atom is -0.313 e. The molecule has 0 unspecified atom stereocenters. The Kier molecular flexibility index (Phi) is 4.05. The monoisotopic (exact) mass is 269 g/mol. The first kappa shape index (κ1) is 12.4. The van der Waals surface area contributed by atoms with E-state index >= 15 is 0 Å². The summed E-state index contributed by atoms with van der Waals surface area (Å²) >= 11 is 12.1. The van der Waals surface area contributed by atoms with Gasteiger partial charge in [0.25, 0.3) is 0 Å². The molecule has 1 N–H and O–H groups in total. The fourth-order valence-electron chi connectivity index (χ4n) is 1.62. The molecule has 0 saturated heterocycles. The van der Waals surface area contributed by atoms with E-state index in [1.807, 2.05) is 18.2 Å².